The summed E-state index contributed by atoms with van der Waals surface area (Å²) in [5.41, 5.74) is 0.584. The lowest BCUT2D eigenvalue weighted by Gasteiger charge is -2.23. The van der Waals surface area contributed by atoms with Crippen LogP contribution in [-0.4, -0.2) is 55.7 Å². The van der Waals surface area contributed by atoms with E-state index in [4.69, 9.17) is 14.6 Å². The molecule has 7 nitrogen and oxygen atoms in total. The smallest absolute Gasteiger partial charge is 0.304 e. The van der Waals surface area contributed by atoms with Crippen LogP contribution >= 0.6 is 0 Å². The molecule has 0 fully saturated rings. The molecule has 1 rings (SSSR count). The van der Waals surface area contributed by atoms with Crippen LogP contribution < -0.4 is 14.8 Å². The molecule has 0 radical (unpaired) electrons. The third-order valence-electron chi connectivity index (χ3n) is 3.37. The number of nitrogens with zero attached hydrogens (tertiary/aromatic N) is 1. The zero-order valence-electron chi connectivity index (χ0n) is 13.3. The van der Waals surface area contributed by atoms with E-state index in [1.807, 2.05) is 0 Å². The number of carboxylic acid groups (broad SMARTS) is 1. The third-order valence-corrected chi connectivity index (χ3v) is 3.37. The molecule has 22 heavy (non-hydrogen) atoms. The topological polar surface area (TPSA) is 88.1 Å². The van der Waals surface area contributed by atoms with Gasteiger partial charge in [-0.1, -0.05) is 0 Å². The van der Waals surface area contributed by atoms with E-state index in [0.29, 0.717) is 23.7 Å². The number of methoxy groups -OCH3 is 2. The number of aliphatic carboxylic acids is 1. The average Bonchev–Trinajstić information content (AvgIpc) is 2.51. The van der Waals surface area contributed by atoms with Gasteiger partial charge in [-0.15, -0.1) is 0 Å². The summed E-state index contributed by atoms with van der Waals surface area (Å²) in [7, 11) is 4.77. The van der Waals surface area contributed by atoms with E-state index in [0.717, 1.165) is 0 Å². The van der Waals surface area contributed by atoms with Gasteiger partial charge in [0.25, 0.3) is 0 Å². The van der Waals surface area contributed by atoms with Crippen molar-refractivity contribution in [3.63, 3.8) is 0 Å². The number of carboxylic acids is 1. The Labute approximate surface area is 129 Å². The van der Waals surface area contributed by atoms with Crippen LogP contribution in [-0.2, 0) is 9.59 Å². The van der Waals surface area contributed by atoms with Gasteiger partial charge in [-0.2, -0.15) is 0 Å². The van der Waals surface area contributed by atoms with Gasteiger partial charge in [0.15, 0.2) is 11.5 Å². The second-order valence-electron chi connectivity index (χ2n) is 4.86. The SMILES string of the molecule is COc1ccc(NC(=O)C(C)N(C)CCC(=O)O)cc1OC. The number of amides is 1. The van der Waals surface area contributed by atoms with Gasteiger partial charge in [0.05, 0.1) is 26.7 Å². The number of benzene rings is 1. The van der Waals surface area contributed by atoms with Crippen molar-refractivity contribution in [2.24, 2.45) is 0 Å². The highest BCUT2D eigenvalue weighted by Gasteiger charge is 2.19. The van der Waals surface area contributed by atoms with Crippen molar-refractivity contribution < 1.29 is 24.2 Å². The molecular formula is C15H22N2O5. The van der Waals surface area contributed by atoms with E-state index in [1.165, 1.54) is 14.2 Å². The minimum absolute atomic E-state index is 0.00945. The van der Waals surface area contributed by atoms with Crippen LogP contribution in [0, 0.1) is 0 Å². The molecule has 0 heterocycles. The normalized spacial score (nSPS) is 11.9. The molecule has 0 saturated carbocycles. The van der Waals surface area contributed by atoms with Crippen LogP contribution in [0.25, 0.3) is 0 Å². The Hall–Kier alpha value is -2.28. The zero-order chi connectivity index (χ0) is 16.7. The van der Waals surface area contributed by atoms with E-state index in [2.05, 4.69) is 5.32 Å². The highest BCUT2D eigenvalue weighted by atomic mass is 16.5. The molecule has 1 unspecified atom stereocenters. The van der Waals surface area contributed by atoms with E-state index >= 15 is 0 Å². The van der Waals surface area contributed by atoms with Crippen molar-refractivity contribution in [1.82, 2.24) is 4.90 Å². The molecule has 2 N–H and O–H groups in total. The lowest BCUT2D eigenvalue weighted by Crippen LogP contribution is -2.40. The maximum atomic E-state index is 12.2. The van der Waals surface area contributed by atoms with Crippen molar-refractivity contribution in [3.05, 3.63) is 18.2 Å². The number of rotatable bonds is 8. The van der Waals surface area contributed by atoms with Gasteiger partial charge in [0.1, 0.15) is 0 Å². The molecule has 0 saturated heterocycles. The van der Waals surface area contributed by atoms with Crippen LogP contribution in [0.4, 0.5) is 5.69 Å². The first-order valence-corrected chi connectivity index (χ1v) is 6.84. The minimum Gasteiger partial charge on any atom is -0.493 e. The molecule has 0 bridgehead atoms. The number of anilines is 1. The summed E-state index contributed by atoms with van der Waals surface area (Å²) >= 11 is 0. The summed E-state index contributed by atoms with van der Waals surface area (Å²) < 4.78 is 10.3. The number of likely N-dealkylation sites (N-methyl/N-ethyl adjacent to an activating group) is 1. The molecular weight excluding hydrogens is 288 g/mol. The van der Waals surface area contributed by atoms with Crippen molar-refractivity contribution in [2.75, 3.05) is 33.1 Å². The Morgan fingerprint density at radius 3 is 2.45 bits per heavy atom. The quantitative estimate of drug-likeness (QED) is 0.755. The minimum atomic E-state index is -0.889. The summed E-state index contributed by atoms with van der Waals surface area (Å²) in [6, 6.07) is 4.63. The summed E-state index contributed by atoms with van der Waals surface area (Å²) in [4.78, 5) is 24.4. The van der Waals surface area contributed by atoms with Crippen LogP contribution in [0.5, 0.6) is 11.5 Å². The largest absolute Gasteiger partial charge is 0.493 e. The predicted octanol–water partition coefficient (Wildman–Crippen LogP) is 1.44. The Kier molecular flexibility index (Phi) is 6.65. The highest BCUT2D eigenvalue weighted by Crippen LogP contribution is 2.29. The number of carbonyl (C=O) groups is 2. The Morgan fingerprint density at radius 1 is 1.27 bits per heavy atom. The van der Waals surface area contributed by atoms with Crippen molar-refractivity contribution in [1.29, 1.82) is 0 Å². The van der Waals surface area contributed by atoms with Gasteiger partial charge in [0.2, 0.25) is 5.91 Å². The number of ether oxygens (including phenoxy) is 2. The molecule has 0 aliphatic carbocycles. The summed E-state index contributed by atoms with van der Waals surface area (Å²) in [5, 5.41) is 11.4. The van der Waals surface area contributed by atoms with Gasteiger partial charge >= 0.3 is 5.97 Å². The lowest BCUT2D eigenvalue weighted by atomic mass is 10.2. The number of hydrogen-bond acceptors (Lipinski definition) is 5. The van der Waals surface area contributed by atoms with E-state index in [-0.39, 0.29) is 12.3 Å². The van der Waals surface area contributed by atoms with Crippen LogP contribution in [0.3, 0.4) is 0 Å². The Morgan fingerprint density at radius 2 is 1.91 bits per heavy atom. The first-order valence-electron chi connectivity index (χ1n) is 6.84. The Balaban J connectivity index is 2.69. The number of hydrogen-bond donors (Lipinski definition) is 2. The van der Waals surface area contributed by atoms with Gasteiger partial charge in [-0.05, 0) is 26.1 Å². The van der Waals surface area contributed by atoms with Crippen molar-refractivity contribution in [3.8, 4) is 11.5 Å². The van der Waals surface area contributed by atoms with Crippen LogP contribution in [0.1, 0.15) is 13.3 Å². The molecule has 1 amide bonds. The van der Waals surface area contributed by atoms with E-state index in [1.54, 1.807) is 37.1 Å². The lowest BCUT2D eigenvalue weighted by molar-refractivity contribution is -0.137. The number of carbonyl (C=O) groups excluding carboxylic acids is 1. The van der Waals surface area contributed by atoms with Crippen LogP contribution in [0.2, 0.25) is 0 Å². The van der Waals surface area contributed by atoms with E-state index in [9.17, 15) is 9.59 Å². The standard InChI is InChI=1S/C15H22N2O5/c1-10(17(2)8-7-14(18)19)15(20)16-11-5-6-12(21-3)13(9-11)22-4/h5-6,9-10H,7-8H2,1-4H3,(H,16,20)(H,18,19). The molecule has 0 aliphatic heterocycles. The predicted molar refractivity (Wildman–Crippen MR) is 82.5 cm³/mol. The van der Waals surface area contributed by atoms with Crippen LogP contribution in [0.15, 0.2) is 18.2 Å². The number of nitrogens with one attached hydrogen (secondary N) is 1. The molecule has 0 spiro atoms. The maximum absolute atomic E-state index is 12.2. The molecule has 1 aromatic rings. The fraction of sp³-hybridized carbons (Fsp3) is 0.467. The Bertz CT molecular complexity index is 533. The first-order chi connectivity index (χ1) is 10.4. The van der Waals surface area contributed by atoms with Gasteiger partial charge in [0, 0.05) is 18.3 Å². The third kappa shape index (κ3) is 4.92. The van der Waals surface area contributed by atoms with Crippen molar-refractivity contribution in [2.45, 2.75) is 19.4 Å². The molecule has 0 aliphatic rings. The van der Waals surface area contributed by atoms with Gasteiger partial charge < -0.3 is 19.9 Å². The monoisotopic (exact) mass is 310 g/mol. The molecule has 1 atom stereocenters. The molecule has 0 aromatic heterocycles. The fourth-order valence-corrected chi connectivity index (χ4v) is 1.83. The second-order valence-corrected chi connectivity index (χ2v) is 4.86. The second kappa shape index (κ2) is 8.23. The summed E-state index contributed by atoms with van der Waals surface area (Å²) in [6.45, 7) is 2.02. The molecule has 122 valence electrons. The molecule has 1 aromatic carbocycles. The average molecular weight is 310 g/mol. The fourth-order valence-electron chi connectivity index (χ4n) is 1.83. The van der Waals surface area contributed by atoms with Crippen molar-refractivity contribution >= 4 is 17.6 Å². The van der Waals surface area contributed by atoms with E-state index < -0.39 is 12.0 Å². The molecule has 7 heteroatoms. The summed E-state index contributed by atoms with van der Waals surface area (Å²) in [6.07, 6.45) is -0.00945. The highest BCUT2D eigenvalue weighted by molar-refractivity contribution is 5.94. The zero-order valence-corrected chi connectivity index (χ0v) is 13.3. The van der Waals surface area contributed by atoms with Gasteiger partial charge in [-0.25, -0.2) is 0 Å². The maximum Gasteiger partial charge on any atom is 0.304 e. The van der Waals surface area contributed by atoms with Gasteiger partial charge in [-0.3, -0.25) is 14.5 Å². The summed E-state index contributed by atoms with van der Waals surface area (Å²) in [5.74, 6) is -0.0150. The first kappa shape index (κ1) is 17.8.